The van der Waals surface area contributed by atoms with Gasteiger partial charge in [-0.1, -0.05) is 6.07 Å². The summed E-state index contributed by atoms with van der Waals surface area (Å²) in [5.41, 5.74) is 16.3. The highest BCUT2D eigenvalue weighted by molar-refractivity contribution is 5.93. The second kappa shape index (κ2) is 6.36. The van der Waals surface area contributed by atoms with Gasteiger partial charge in [-0.15, -0.1) is 17.5 Å². The van der Waals surface area contributed by atoms with Crippen LogP contribution >= 0.6 is 12.4 Å². The van der Waals surface area contributed by atoms with Crippen molar-refractivity contribution in [2.75, 3.05) is 0 Å². The van der Waals surface area contributed by atoms with Crippen LogP contribution in [0.25, 0.3) is 0 Å². The summed E-state index contributed by atoms with van der Waals surface area (Å²) in [5.74, 6) is -0.235. The van der Waals surface area contributed by atoms with E-state index in [9.17, 15) is 0 Å². The number of amidine groups is 1. The average molecular weight is 242 g/mol. The number of pyridine rings is 1. The summed E-state index contributed by atoms with van der Waals surface area (Å²) in [4.78, 5) is 4.02. The first kappa shape index (κ1) is 13.8. The number of nitrogen functional groups attached to an aromatic ring is 1. The maximum Gasteiger partial charge on any atom is 0.211 e. The average Bonchev–Trinajstić information content (AvgIpc) is 2.17. The highest BCUT2D eigenvalue weighted by atomic mass is 35.5. The fourth-order valence-electron chi connectivity index (χ4n) is 0.828. The van der Waals surface area contributed by atoms with Gasteiger partial charge in [0.2, 0.25) is 5.96 Å². The maximum atomic E-state index is 7.18. The van der Waals surface area contributed by atoms with Crippen molar-refractivity contribution >= 4 is 30.4 Å². The predicted octanol–water partition coefficient (Wildman–Crippen LogP) is -0.605. The van der Waals surface area contributed by atoms with Crippen LogP contribution in [-0.2, 0) is 0 Å². The van der Waals surface area contributed by atoms with Crippen molar-refractivity contribution in [2.45, 2.75) is 0 Å². The number of nitrogens with one attached hydrogen (secondary N) is 1. The third-order valence-electron chi connectivity index (χ3n) is 1.41. The van der Waals surface area contributed by atoms with Gasteiger partial charge in [0.05, 0.1) is 11.9 Å². The minimum absolute atomic E-state index is 0. The van der Waals surface area contributed by atoms with Crippen LogP contribution in [0.3, 0.4) is 0 Å². The molecule has 0 saturated heterocycles. The van der Waals surface area contributed by atoms with Gasteiger partial charge in [-0.25, -0.2) is 4.98 Å². The number of nitrogens with two attached hydrogens (primary N) is 3. The lowest BCUT2D eigenvalue weighted by atomic mass is 10.3. The van der Waals surface area contributed by atoms with E-state index in [1.54, 1.807) is 18.2 Å². The molecule has 0 saturated carbocycles. The number of hydrogen-bond donors (Lipinski definition) is 4. The van der Waals surface area contributed by atoms with Crippen molar-refractivity contribution in [1.82, 2.24) is 4.98 Å². The highest BCUT2D eigenvalue weighted by Gasteiger charge is 1.97. The molecule has 0 bridgehead atoms. The van der Waals surface area contributed by atoms with Crippen molar-refractivity contribution in [3.8, 4) is 0 Å². The molecule has 1 aromatic rings. The molecular formula is C8H12ClN7. The van der Waals surface area contributed by atoms with Gasteiger partial charge >= 0.3 is 0 Å². The summed E-state index contributed by atoms with van der Waals surface area (Å²) in [7, 11) is 0. The molecule has 7 nitrogen and oxygen atoms in total. The quantitative estimate of drug-likeness (QED) is 0.318. The molecule has 0 aliphatic carbocycles. The topological polar surface area (TPSA) is 140 Å². The van der Waals surface area contributed by atoms with Crippen molar-refractivity contribution in [2.24, 2.45) is 27.4 Å². The van der Waals surface area contributed by atoms with Gasteiger partial charge in [-0.3, -0.25) is 5.41 Å². The molecule has 86 valence electrons. The maximum absolute atomic E-state index is 7.18. The fourth-order valence-corrected chi connectivity index (χ4v) is 0.828. The molecule has 0 aliphatic heterocycles. The molecule has 0 aliphatic rings. The normalized spacial score (nSPS) is 9.50. The van der Waals surface area contributed by atoms with E-state index in [-0.39, 0.29) is 24.2 Å². The largest absolute Gasteiger partial charge is 0.382 e. The number of guanidine groups is 1. The van der Waals surface area contributed by atoms with Crippen molar-refractivity contribution < 1.29 is 0 Å². The number of hydrogen-bond acceptors (Lipinski definition) is 4. The molecule has 0 unspecified atom stereocenters. The molecule has 1 heterocycles. The Bertz CT molecular complexity index is 422. The molecule has 0 radical (unpaired) electrons. The van der Waals surface area contributed by atoms with Gasteiger partial charge in [-0.2, -0.15) is 5.10 Å². The van der Waals surface area contributed by atoms with Crippen LogP contribution < -0.4 is 17.2 Å². The third kappa shape index (κ3) is 4.38. The molecule has 0 aromatic carbocycles. The van der Waals surface area contributed by atoms with Gasteiger partial charge in [0.25, 0.3) is 0 Å². The van der Waals surface area contributed by atoms with Gasteiger partial charge in [0.15, 0.2) is 0 Å². The number of rotatable bonds is 3. The van der Waals surface area contributed by atoms with E-state index in [2.05, 4.69) is 15.2 Å². The first-order valence-electron chi connectivity index (χ1n) is 4.03. The first-order valence-corrected chi connectivity index (χ1v) is 4.03. The molecule has 0 atom stereocenters. The lowest BCUT2D eigenvalue weighted by Gasteiger charge is -1.97. The van der Waals surface area contributed by atoms with Gasteiger partial charge in [0, 0.05) is 0 Å². The van der Waals surface area contributed by atoms with Crippen LogP contribution in [0.1, 0.15) is 11.4 Å². The standard InChI is InChI=1S/C8H11N7.ClH/c9-7(10)6-3-1-2-5(14-6)4-13-15-8(11)12;/h1-4H,(H3,9,10)(H4,11,12,15);1H/b13-4+;. The third-order valence-corrected chi connectivity index (χ3v) is 1.41. The molecule has 0 spiro atoms. The lowest BCUT2D eigenvalue weighted by molar-refractivity contribution is 1.19. The van der Waals surface area contributed by atoms with E-state index >= 15 is 0 Å². The Labute approximate surface area is 98.4 Å². The van der Waals surface area contributed by atoms with Crippen molar-refractivity contribution in [1.29, 1.82) is 5.41 Å². The van der Waals surface area contributed by atoms with E-state index < -0.39 is 0 Å². The van der Waals surface area contributed by atoms with Gasteiger partial charge in [0.1, 0.15) is 11.5 Å². The first-order chi connectivity index (χ1) is 7.09. The highest BCUT2D eigenvalue weighted by Crippen LogP contribution is 1.96. The second-order valence-corrected chi connectivity index (χ2v) is 2.63. The second-order valence-electron chi connectivity index (χ2n) is 2.63. The smallest absolute Gasteiger partial charge is 0.211 e. The van der Waals surface area contributed by atoms with Crippen molar-refractivity contribution in [3.05, 3.63) is 29.6 Å². The molecule has 7 N–H and O–H groups in total. The Hall–Kier alpha value is -2.15. The van der Waals surface area contributed by atoms with Crippen LogP contribution in [0.2, 0.25) is 0 Å². The Morgan fingerprint density at radius 1 is 1.31 bits per heavy atom. The summed E-state index contributed by atoms with van der Waals surface area (Å²) in [5, 5.41) is 14.2. The van der Waals surface area contributed by atoms with E-state index in [1.807, 2.05) is 0 Å². The molecule has 1 rings (SSSR count). The van der Waals surface area contributed by atoms with E-state index in [1.165, 1.54) is 6.21 Å². The zero-order valence-corrected chi connectivity index (χ0v) is 9.11. The van der Waals surface area contributed by atoms with Crippen LogP contribution in [0.4, 0.5) is 0 Å². The number of halogens is 1. The zero-order chi connectivity index (χ0) is 11.3. The zero-order valence-electron chi connectivity index (χ0n) is 8.29. The lowest BCUT2D eigenvalue weighted by Crippen LogP contribution is -2.21. The minimum Gasteiger partial charge on any atom is -0.382 e. The number of aromatic nitrogens is 1. The fraction of sp³-hybridized carbons (Fsp3) is 0. The van der Waals surface area contributed by atoms with E-state index in [0.717, 1.165) is 0 Å². The van der Waals surface area contributed by atoms with E-state index in [0.29, 0.717) is 11.4 Å². The summed E-state index contributed by atoms with van der Waals surface area (Å²) < 4.78 is 0. The monoisotopic (exact) mass is 241 g/mol. The summed E-state index contributed by atoms with van der Waals surface area (Å²) in [6.45, 7) is 0. The summed E-state index contributed by atoms with van der Waals surface area (Å²) in [6.07, 6.45) is 1.37. The summed E-state index contributed by atoms with van der Waals surface area (Å²) in [6, 6.07) is 5.03. The molecule has 0 fully saturated rings. The minimum atomic E-state index is -0.131. The Morgan fingerprint density at radius 2 is 2.00 bits per heavy atom. The molecule has 0 amide bonds. The van der Waals surface area contributed by atoms with E-state index in [4.69, 9.17) is 22.6 Å². The van der Waals surface area contributed by atoms with Gasteiger partial charge < -0.3 is 17.2 Å². The SMILES string of the molecule is Cl.N=C(N)c1cccc(/C=N/N=C(N)N)n1. The molecule has 16 heavy (non-hydrogen) atoms. The van der Waals surface area contributed by atoms with Crippen LogP contribution in [0.15, 0.2) is 28.4 Å². The molecule has 1 aromatic heterocycles. The Balaban J connectivity index is 0.00000225. The number of nitrogens with zero attached hydrogens (tertiary/aromatic N) is 3. The van der Waals surface area contributed by atoms with Gasteiger partial charge in [-0.05, 0) is 12.1 Å². The van der Waals surface area contributed by atoms with Crippen LogP contribution in [0, 0.1) is 5.41 Å². The Morgan fingerprint density at radius 3 is 2.56 bits per heavy atom. The van der Waals surface area contributed by atoms with Crippen LogP contribution in [0.5, 0.6) is 0 Å². The molecular weight excluding hydrogens is 230 g/mol. The predicted molar refractivity (Wildman–Crippen MR) is 65.9 cm³/mol. The van der Waals surface area contributed by atoms with Crippen LogP contribution in [-0.4, -0.2) is 23.0 Å². The van der Waals surface area contributed by atoms with Crippen molar-refractivity contribution in [3.63, 3.8) is 0 Å². The Kier molecular flexibility index (Phi) is 5.50. The molecule has 8 heteroatoms. The summed E-state index contributed by atoms with van der Waals surface area (Å²) >= 11 is 0.